The fourth-order valence-electron chi connectivity index (χ4n) is 6.61. The number of carbonyl (C=O) groups excluding carboxylic acids is 2. The zero-order valence-corrected chi connectivity index (χ0v) is 25.6. The van der Waals surface area contributed by atoms with Gasteiger partial charge in [-0.2, -0.15) is 0 Å². The monoisotopic (exact) mass is 618 g/mol. The van der Waals surface area contributed by atoms with Crippen LogP contribution in [0.2, 0.25) is 0 Å². The van der Waals surface area contributed by atoms with Crippen LogP contribution in [0, 0.1) is 11.6 Å². The smallest absolute Gasteiger partial charge is 0.268 e. The zero-order chi connectivity index (χ0) is 32.1. The third kappa shape index (κ3) is 4.98. The van der Waals surface area contributed by atoms with Crippen LogP contribution in [-0.4, -0.2) is 41.1 Å². The number of rotatable bonds is 3. The van der Waals surface area contributed by atoms with E-state index in [9.17, 15) is 18.4 Å². The van der Waals surface area contributed by atoms with Gasteiger partial charge >= 0.3 is 0 Å². The highest BCUT2D eigenvalue weighted by Gasteiger charge is 2.28. The number of ether oxygens (including phenoxy) is 1. The molecule has 0 fully saturated rings. The molecule has 2 atom stereocenters. The predicted molar refractivity (Wildman–Crippen MR) is 175 cm³/mol. The van der Waals surface area contributed by atoms with E-state index in [4.69, 9.17) is 4.74 Å². The molecule has 0 bridgehead atoms. The van der Waals surface area contributed by atoms with Gasteiger partial charge in [0.15, 0.2) is 0 Å². The molecular weight excluding hydrogens is 586 g/mol. The van der Waals surface area contributed by atoms with Crippen LogP contribution in [-0.2, 0) is 0 Å². The Hall–Kier alpha value is -5.44. The van der Waals surface area contributed by atoms with Crippen LogP contribution in [0.15, 0.2) is 91.0 Å². The number of fused-ring (bicyclic) bond motifs is 6. The summed E-state index contributed by atoms with van der Waals surface area (Å²) in [6, 6.07) is 27.0. The molecule has 232 valence electrons. The Morgan fingerprint density at radius 3 is 1.57 bits per heavy atom. The molecule has 8 rings (SSSR count). The Morgan fingerprint density at radius 1 is 0.652 bits per heavy atom. The van der Waals surface area contributed by atoms with Crippen molar-refractivity contribution in [2.75, 3.05) is 20.2 Å². The summed E-state index contributed by atoms with van der Waals surface area (Å²) in [5.41, 5.74) is 6.42. The first-order chi connectivity index (χ1) is 22.2. The number of amides is 2. The van der Waals surface area contributed by atoms with E-state index in [0.29, 0.717) is 24.5 Å². The summed E-state index contributed by atoms with van der Waals surface area (Å²) in [6.45, 7) is 5.25. The molecule has 0 radical (unpaired) electrons. The second kappa shape index (κ2) is 11.5. The van der Waals surface area contributed by atoms with Crippen molar-refractivity contribution in [2.45, 2.75) is 25.9 Å². The first kappa shape index (κ1) is 29.3. The van der Waals surface area contributed by atoms with Crippen molar-refractivity contribution in [3.63, 3.8) is 0 Å². The van der Waals surface area contributed by atoms with Crippen molar-refractivity contribution in [3.05, 3.63) is 114 Å². The van der Waals surface area contributed by atoms with E-state index in [1.807, 2.05) is 70.7 Å². The second-order valence-electron chi connectivity index (χ2n) is 11.8. The molecule has 0 spiro atoms. The molecule has 0 unspecified atom stereocenters. The number of benzene rings is 4. The van der Waals surface area contributed by atoms with Gasteiger partial charge in [-0.1, -0.05) is 42.5 Å². The van der Waals surface area contributed by atoms with Gasteiger partial charge in [0.2, 0.25) is 0 Å². The number of nitrogens with one attached hydrogen (secondary N) is 2. The van der Waals surface area contributed by atoms with Crippen LogP contribution in [0.3, 0.4) is 0 Å². The predicted octanol–water partition coefficient (Wildman–Crippen LogP) is 7.51. The molecular formula is C37H32F2N4O3. The van der Waals surface area contributed by atoms with E-state index in [1.54, 1.807) is 25.3 Å². The quantitative estimate of drug-likeness (QED) is 0.216. The van der Waals surface area contributed by atoms with Crippen molar-refractivity contribution >= 4 is 33.6 Å². The molecule has 46 heavy (non-hydrogen) atoms. The summed E-state index contributed by atoms with van der Waals surface area (Å²) in [5.74, 6) is -0.0814. The fourth-order valence-corrected chi connectivity index (χ4v) is 6.61. The van der Waals surface area contributed by atoms with Crippen LogP contribution >= 0.6 is 0 Å². The minimum atomic E-state index is -0.315. The van der Waals surface area contributed by atoms with Crippen LogP contribution < -0.4 is 15.4 Å². The molecule has 2 N–H and O–H groups in total. The van der Waals surface area contributed by atoms with Crippen molar-refractivity contribution < 1.29 is 23.1 Å². The molecule has 9 heteroatoms. The summed E-state index contributed by atoms with van der Waals surface area (Å²) >= 11 is 0. The molecule has 6 aromatic rings. The minimum absolute atomic E-state index is 0.103. The topological polar surface area (TPSA) is 77.3 Å². The first-order valence-corrected chi connectivity index (χ1v) is 15.2. The molecule has 7 nitrogen and oxygen atoms in total. The van der Waals surface area contributed by atoms with E-state index in [0.717, 1.165) is 49.8 Å². The maximum atomic E-state index is 14.2. The van der Waals surface area contributed by atoms with E-state index in [1.165, 1.54) is 18.2 Å². The highest BCUT2D eigenvalue weighted by molar-refractivity contribution is 6.05. The third-order valence-electron chi connectivity index (χ3n) is 8.74. The van der Waals surface area contributed by atoms with Gasteiger partial charge in [-0.25, -0.2) is 8.78 Å². The van der Waals surface area contributed by atoms with Gasteiger partial charge < -0.3 is 24.5 Å². The molecule has 0 saturated carbocycles. The molecule has 0 saturated heterocycles. The number of methoxy groups -OCH3 is 1. The standard InChI is InChI=1S/C19H17FN2O2.C18H15FN2O/c1-11-10-21-19(23)17-8-13-7-14(20)9-16(18(13)22(11)17)12-3-5-15(24-2)6-4-12;1-11-10-20-18(22)16-8-13-7-14(19)9-15(17(13)21(11)16)12-5-3-2-4-6-12/h3-9,11H,10H2,1-2H3,(H,21,23);2-9,11H,10H2,1H3,(H,20,22)/t2*11-/m11/s1. The maximum Gasteiger partial charge on any atom is 0.268 e. The average Bonchev–Trinajstić information content (AvgIpc) is 3.65. The van der Waals surface area contributed by atoms with Gasteiger partial charge in [0.25, 0.3) is 11.8 Å². The SMILES string of the molecule is COc1ccc(-c2cc(F)cc3cc4n(c23)[C@H](C)CNC4=O)cc1.C[C@@H]1CNC(=O)c2cc3cc(F)cc(-c4ccccc4)c3n21. The summed E-state index contributed by atoms with van der Waals surface area (Å²) in [6.07, 6.45) is 0. The van der Waals surface area contributed by atoms with E-state index < -0.39 is 0 Å². The summed E-state index contributed by atoms with van der Waals surface area (Å²) in [4.78, 5) is 24.3. The Bertz CT molecular complexity index is 2130. The van der Waals surface area contributed by atoms with Gasteiger partial charge in [0, 0.05) is 47.1 Å². The summed E-state index contributed by atoms with van der Waals surface area (Å²) < 4.78 is 37.4. The highest BCUT2D eigenvalue weighted by Crippen LogP contribution is 2.37. The molecule has 2 aliphatic heterocycles. The average molecular weight is 619 g/mol. The Morgan fingerprint density at radius 2 is 1.11 bits per heavy atom. The van der Waals surface area contributed by atoms with Crippen LogP contribution in [0.25, 0.3) is 44.1 Å². The van der Waals surface area contributed by atoms with Crippen molar-refractivity contribution in [1.82, 2.24) is 19.8 Å². The lowest BCUT2D eigenvalue weighted by Gasteiger charge is -2.25. The lowest BCUT2D eigenvalue weighted by atomic mass is 10.0. The van der Waals surface area contributed by atoms with Crippen LogP contribution in [0.4, 0.5) is 8.78 Å². The second-order valence-corrected chi connectivity index (χ2v) is 11.8. The minimum Gasteiger partial charge on any atom is -0.497 e. The largest absolute Gasteiger partial charge is 0.497 e. The van der Waals surface area contributed by atoms with E-state index >= 15 is 0 Å². The van der Waals surface area contributed by atoms with Gasteiger partial charge in [0.1, 0.15) is 28.8 Å². The molecule has 2 amide bonds. The Balaban J connectivity index is 0.000000147. The number of carbonyl (C=O) groups is 2. The van der Waals surface area contributed by atoms with Gasteiger partial charge in [-0.15, -0.1) is 0 Å². The number of hydrogen-bond donors (Lipinski definition) is 2. The third-order valence-corrected chi connectivity index (χ3v) is 8.74. The lowest BCUT2D eigenvalue weighted by molar-refractivity contribution is 0.0911. The summed E-state index contributed by atoms with van der Waals surface area (Å²) in [5, 5.41) is 7.23. The van der Waals surface area contributed by atoms with Crippen LogP contribution in [0.1, 0.15) is 46.9 Å². The first-order valence-electron chi connectivity index (χ1n) is 15.2. The highest BCUT2D eigenvalue weighted by atomic mass is 19.1. The van der Waals surface area contributed by atoms with Crippen molar-refractivity contribution in [1.29, 1.82) is 0 Å². The molecule has 2 aromatic heterocycles. The number of aromatic nitrogens is 2. The number of nitrogens with zero attached hydrogens (tertiary/aromatic N) is 2. The van der Waals surface area contributed by atoms with Gasteiger partial charge in [0.05, 0.1) is 18.1 Å². The fraction of sp³-hybridized carbons (Fsp3) is 0.189. The van der Waals surface area contributed by atoms with Gasteiger partial charge in [-0.05, 0) is 73.5 Å². The van der Waals surface area contributed by atoms with Crippen LogP contribution in [0.5, 0.6) is 5.75 Å². The maximum absolute atomic E-state index is 14.2. The lowest BCUT2D eigenvalue weighted by Crippen LogP contribution is -2.37. The van der Waals surface area contributed by atoms with Crippen molar-refractivity contribution in [3.8, 4) is 28.0 Å². The zero-order valence-electron chi connectivity index (χ0n) is 25.6. The molecule has 4 aromatic carbocycles. The van der Waals surface area contributed by atoms with Gasteiger partial charge in [-0.3, -0.25) is 9.59 Å². The summed E-state index contributed by atoms with van der Waals surface area (Å²) in [7, 11) is 1.61. The Kier molecular flexibility index (Phi) is 7.31. The van der Waals surface area contributed by atoms with Crippen molar-refractivity contribution in [2.24, 2.45) is 0 Å². The molecule has 0 aliphatic carbocycles. The number of hydrogen-bond acceptors (Lipinski definition) is 3. The Labute approximate surface area is 264 Å². The number of halogens is 2. The molecule has 4 heterocycles. The normalized spacial score (nSPS) is 17.1. The van der Waals surface area contributed by atoms with E-state index in [2.05, 4.69) is 17.6 Å². The molecule has 2 aliphatic rings. The van der Waals surface area contributed by atoms with E-state index in [-0.39, 0.29) is 35.5 Å².